The van der Waals surface area contributed by atoms with E-state index in [9.17, 15) is 4.79 Å². The van der Waals surface area contributed by atoms with Crippen LogP contribution in [0.15, 0.2) is 23.2 Å². The summed E-state index contributed by atoms with van der Waals surface area (Å²) in [6, 6.07) is 0. The number of fused-ring (bicyclic) bond motifs is 1. The van der Waals surface area contributed by atoms with Crippen molar-refractivity contribution in [2.75, 3.05) is 20.8 Å². The zero-order chi connectivity index (χ0) is 10.8. The quantitative estimate of drug-likeness (QED) is 0.736. The van der Waals surface area contributed by atoms with E-state index in [-0.39, 0.29) is 11.8 Å². The maximum atomic E-state index is 11.6. The molecule has 1 atom stereocenters. The van der Waals surface area contributed by atoms with E-state index in [2.05, 4.69) is 5.32 Å². The highest BCUT2D eigenvalue weighted by atomic mass is 16.5. The van der Waals surface area contributed by atoms with E-state index < -0.39 is 0 Å². The molecule has 0 aromatic heterocycles. The zero-order valence-corrected chi connectivity index (χ0v) is 9.00. The number of hydrogen-bond donors (Lipinski definition) is 1. The first-order valence-electron chi connectivity index (χ1n) is 5.07. The monoisotopic (exact) mass is 209 g/mol. The van der Waals surface area contributed by atoms with Gasteiger partial charge in [0, 0.05) is 18.5 Å². The Morgan fingerprint density at radius 1 is 1.40 bits per heavy atom. The van der Waals surface area contributed by atoms with Gasteiger partial charge in [-0.05, 0) is 18.4 Å². The van der Waals surface area contributed by atoms with Crippen molar-refractivity contribution in [2.45, 2.75) is 12.8 Å². The molecule has 1 aliphatic heterocycles. The Morgan fingerprint density at radius 3 is 2.87 bits per heavy atom. The minimum atomic E-state index is 0.0240. The first kappa shape index (κ1) is 10.1. The first-order chi connectivity index (χ1) is 7.26. The van der Waals surface area contributed by atoms with Crippen molar-refractivity contribution in [1.29, 1.82) is 0 Å². The van der Waals surface area contributed by atoms with Crippen LogP contribution in [-0.4, -0.2) is 26.7 Å². The van der Waals surface area contributed by atoms with Crippen molar-refractivity contribution in [3.63, 3.8) is 0 Å². The summed E-state index contributed by atoms with van der Waals surface area (Å²) < 4.78 is 10.4. The largest absolute Gasteiger partial charge is 0.497 e. The molecule has 0 saturated carbocycles. The van der Waals surface area contributed by atoms with Crippen LogP contribution >= 0.6 is 0 Å². The Hall–Kier alpha value is -1.45. The molecule has 0 aromatic rings. The minimum absolute atomic E-state index is 0.0240. The van der Waals surface area contributed by atoms with E-state index in [1.807, 2.05) is 0 Å². The lowest BCUT2D eigenvalue weighted by Crippen LogP contribution is -2.37. The number of methoxy groups -OCH3 is 2. The molecule has 1 unspecified atom stereocenters. The molecule has 4 heteroatoms. The minimum Gasteiger partial charge on any atom is -0.497 e. The molecule has 0 radical (unpaired) electrons. The van der Waals surface area contributed by atoms with Crippen LogP contribution < -0.4 is 5.32 Å². The third-order valence-electron chi connectivity index (χ3n) is 2.94. The Morgan fingerprint density at radius 2 is 2.20 bits per heavy atom. The summed E-state index contributed by atoms with van der Waals surface area (Å²) in [5.74, 6) is 1.81. The van der Waals surface area contributed by atoms with E-state index >= 15 is 0 Å². The number of carbonyl (C=O) groups is 1. The molecule has 2 rings (SSSR count). The molecule has 1 amide bonds. The number of nitrogens with one attached hydrogen (secondary N) is 1. The average Bonchev–Trinajstić information content (AvgIpc) is 2.28. The summed E-state index contributed by atoms with van der Waals surface area (Å²) in [5, 5.41) is 2.83. The van der Waals surface area contributed by atoms with Crippen LogP contribution in [0.5, 0.6) is 0 Å². The van der Waals surface area contributed by atoms with Gasteiger partial charge in [0.25, 0.3) is 0 Å². The first-order valence-corrected chi connectivity index (χ1v) is 5.07. The fourth-order valence-electron chi connectivity index (χ4n) is 2.10. The standard InChI is InChI=1S/C11H15NO3/c1-14-9-5-7-3-4-12-11(13)8(7)6-10(9)15-2/h6-7H,3-5H2,1-2H3,(H,12,13). The van der Waals surface area contributed by atoms with Gasteiger partial charge in [-0.2, -0.15) is 0 Å². The SMILES string of the molecule is COC1=C(OC)CC2CCNC(=O)C2=C1. The van der Waals surface area contributed by atoms with Gasteiger partial charge in [-0.15, -0.1) is 0 Å². The van der Waals surface area contributed by atoms with Gasteiger partial charge < -0.3 is 14.8 Å². The molecule has 1 aliphatic carbocycles. The lowest BCUT2D eigenvalue weighted by molar-refractivity contribution is -0.119. The number of carbonyl (C=O) groups excluding carboxylic acids is 1. The highest BCUT2D eigenvalue weighted by Gasteiger charge is 2.31. The van der Waals surface area contributed by atoms with E-state index in [1.165, 1.54) is 0 Å². The molecule has 15 heavy (non-hydrogen) atoms. The predicted molar refractivity (Wildman–Crippen MR) is 54.9 cm³/mol. The zero-order valence-electron chi connectivity index (χ0n) is 9.00. The fraction of sp³-hybridized carbons (Fsp3) is 0.545. The third-order valence-corrected chi connectivity index (χ3v) is 2.94. The number of piperidine rings is 1. The molecule has 1 N–H and O–H groups in total. The van der Waals surface area contributed by atoms with Crippen LogP contribution in [0.4, 0.5) is 0 Å². The second-order valence-corrected chi connectivity index (χ2v) is 3.74. The molecule has 0 aromatic carbocycles. The Balaban J connectivity index is 2.33. The van der Waals surface area contributed by atoms with Crippen LogP contribution in [0.2, 0.25) is 0 Å². The van der Waals surface area contributed by atoms with Crippen molar-refractivity contribution in [3.8, 4) is 0 Å². The molecular weight excluding hydrogens is 194 g/mol. The van der Waals surface area contributed by atoms with E-state index in [1.54, 1.807) is 20.3 Å². The van der Waals surface area contributed by atoms with Crippen molar-refractivity contribution in [2.24, 2.45) is 5.92 Å². The molecule has 1 saturated heterocycles. The van der Waals surface area contributed by atoms with Crippen LogP contribution in [0.25, 0.3) is 0 Å². The van der Waals surface area contributed by atoms with Crippen molar-refractivity contribution in [3.05, 3.63) is 23.2 Å². The fourth-order valence-corrected chi connectivity index (χ4v) is 2.10. The summed E-state index contributed by atoms with van der Waals surface area (Å²) in [4.78, 5) is 11.6. The van der Waals surface area contributed by atoms with Gasteiger partial charge in [0.1, 0.15) is 5.76 Å². The highest BCUT2D eigenvalue weighted by molar-refractivity contribution is 5.95. The summed E-state index contributed by atoms with van der Waals surface area (Å²) in [7, 11) is 3.22. The van der Waals surface area contributed by atoms with Crippen LogP contribution in [-0.2, 0) is 14.3 Å². The van der Waals surface area contributed by atoms with Gasteiger partial charge in [-0.25, -0.2) is 0 Å². The molecule has 1 heterocycles. The Bertz CT molecular complexity index is 344. The highest BCUT2D eigenvalue weighted by Crippen LogP contribution is 2.33. The van der Waals surface area contributed by atoms with Gasteiger partial charge in [-0.3, -0.25) is 4.79 Å². The Kier molecular flexibility index (Phi) is 2.66. The van der Waals surface area contributed by atoms with Crippen molar-refractivity contribution >= 4 is 5.91 Å². The maximum absolute atomic E-state index is 11.6. The van der Waals surface area contributed by atoms with E-state index in [0.717, 1.165) is 30.7 Å². The smallest absolute Gasteiger partial charge is 0.247 e. The summed E-state index contributed by atoms with van der Waals surface area (Å²) in [6.45, 7) is 0.750. The van der Waals surface area contributed by atoms with Crippen molar-refractivity contribution < 1.29 is 14.3 Å². The normalized spacial score (nSPS) is 25.3. The molecule has 1 fully saturated rings. The molecular formula is C11H15NO3. The van der Waals surface area contributed by atoms with Gasteiger partial charge in [0.15, 0.2) is 5.76 Å². The number of allylic oxidation sites excluding steroid dienone is 2. The number of hydrogen-bond acceptors (Lipinski definition) is 3. The molecule has 0 spiro atoms. The second kappa shape index (κ2) is 3.96. The maximum Gasteiger partial charge on any atom is 0.247 e. The molecule has 0 bridgehead atoms. The Labute approximate surface area is 88.9 Å². The summed E-state index contributed by atoms with van der Waals surface area (Å²) in [5.41, 5.74) is 0.818. The van der Waals surface area contributed by atoms with Crippen LogP contribution in [0, 0.1) is 5.92 Å². The lowest BCUT2D eigenvalue weighted by Gasteiger charge is -2.29. The topological polar surface area (TPSA) is 47.6 Å². The van der Waals surface area contributed by atoms with E-state index in [4.69, 9.17) is 9.47 Å². The third kappa shape index (κ3) is 1.71. The van der Waals surface area contributed by atoms with Crippen molar-refractivity contribution in [1.82, 2.24) is 5.32 Å². The van der Waals surface area contributed by atoms with Gasteiger partial charge in [0.05, 0.1) is 14.2 Å². The molecule has 82 valence electrons. The number of rotatable bonds is 2. The van der Waals surface area contributed by atoms with Crippen LogP contribution in [0.3, 0.4) is 0 Å². The summed E-state index contributed by atoms with van der Waals surface area (Å²) in [6.07, 6.45) is 3.53. The molecule has 4 nitrogen and oxygen atoms in total. The lowest BCUT2D eigenvalue weighted by atomic mass is 9.84. The van der Waals surface area contributed by atoms with E-state index in [0.29, 0.717) is 5.76 Å². The average molecular weight is 209 g/mol. The van der Waals surface area contributed by atoms with Crippen LogP contribution in [0.1, 0.15) is 12.8 Å². The second-order valence-electron chi connectivity index (χ2n) is 3.74. The number of ether oxygens (including phenoxy) is 2. The van der Waals surface area contributed by atoms with Gasteiger partial charge in [-0.1, -0.05) is 0 Å². The van der Waals surface area contributed by atoms with Gasteiger partial charge in [0.2, 0.25) is 5.91 Å². The van der Waals surface area contributed by atoms with Gasteiger partial charge >= 0.3 is 0 Å². The summed E-state index contributed by atoms with van der Waals surface area (Å²) >= 11 is 0. The molecule has 2 aliphatic rings. The number of amides is 1. The predicted octanol–water partition coefficient (Wildman–Crippen LogP) is 0.957.